The fourth-order valence-corrected chi connectivity index (χ4v) is 3.29. The first-order valence-electron chi connectivity index (χ1n) is 8.45. The summed E-state index contributed by atoms with van der Waals surface area (Å²) in [5.41, 5.74) is 2.48. The van der Waals surface area contributed by atoms with Gasteiger partial charge in [-0.15, -0.1) is 0 Å². The number of hydrogen-bond donors (Lipinski definition) is 0. The fourth-order valence-electron chi connectivity index (χ4n) is 3.29. The Kier molecular flexibility index (Phi) is 5.10. The van der Waals surface area contributed by atoms with E-state index in [2.05, 4.69) is 4.98 Å². The van der Waals surface area contributed by atoms with E-state index in [0.717, 1.165) is 10.3 Å². The molecular weight excluding hydrogens is 359 g/mol. The molecule has 0 aliphatic heterocycles. The summed E-state index contributed by atoms with van der Waals surface area (Å²) in [4.78, 5) is 16.5. The van der Waals surface area contributed by atoms with Gasteiger partial charge in [0.05, 0.1) is 24.2 Å². The molecular formula is C19H20F3N3O2. The third kappa shape index (κ3) is 3.62. The van der Waals surface area contributed by atoms with Gasteiger partial charge >= 0.3 is 6.18 Å². The highest BCUT2D eigenvalue weighted by Gasteiger charge is 2.38. The lowest BCUT2D eigenvalue weighted by Crippen LogP contribution is -2.19. The standard InChI is InChI=1S/C19H20F3N3O2/c1-12-10-14(13(2)24(12)8-9-27-3)17(26)11-25-16-7-5-4-6-15(16)23-18(25)19(20,21)22/h4-7,10H,8-9,11H2,1-3H3. The van der Waals surface area contributed by atoms with Gasteiger partial charge in [0.1, 0.15) is 0 Å². The highest BCUT2D eigenvalue weighted by Crippen LogP contribution is 2.32. The van der Waals surface area contributed by atoms with Crippen LogP contribution in [0.4, 0.5) is 13.2 Å². The second kappa shape index (κ2) is 7.19. The van der Waals surface area contributed by atoms with Crippen LogP contribution in [-0.4, -0.2) is 33.6 Å². The molecule has 1 aromatic carbocycles. The van der Waals surface area contributed by atoms with Crippen LogP contribution in [0.2, 0.25) is 0 Å². The average Bonchev–Trinajstić information content (AvgIpc) is 3.11. The zero-order valence-corrected chi connectivity index (χ0v) is 15.3. The summed E-state index contributed by atoms with van der Waals surface area (Å²) in [6.07, 6.45) is -4.64. The first-order valence-corrected chi connectivity index (χ1v) is 8.45. The maximum absolute atomic E-state index is 13.4. The molecule has 2 aromatic heterocycles. The zero-order chi connectivity index (χ0) is 19.8. The van der Waals surface area contributed by atoms with E-state index in [1.54, 1.807) is 32.2 Å². The molecule has 144 valence electrons. The first-order chi connectivity index (χ1) is 12.7. The summed E-state index contributed by atoms with van der Waals surface area (Å²) < 4.78 is 48.2. The minimum atomic E-state index is -4.64. The van der Waals surface area contributed by atoms with Crippen LogP contribution in [0.1, 0.15) is 27.6 Å². The van der Waals surface area contributed by atoms with Crippen molar-refractivity contribution in [2.45, 2.75) is 33.1 Å². The van der Waals surface area contributed by atoms with Crippen LogP contribution in [0.3, 0.4) is 0 Å². The van der Waals surface area contributed by atoms with Crippen molar-refractivity contribution in [2.24, 2.45) is 0 Å². The summed E-state index contributed by atoms with van der Waals surface area (Å²) in [6, 6.07) is 7.99. The number of fused-ring (bicyclic) bond motifs is 1. The third-order valence-corrected chi connectivity index (χ3v) is 4.60. The predicted molar refractivity (Wildman–Crippen MR) is 94.8 cm³/mol. The molecule has 5 nitrogen and oxygen atoms in total. The van der Waals surface area contributed by atoms with E-state index in [1.165, 1.54) is 12.1 Å². The molecule has 3 aromatic rings. The highest BCUT2D eigenvalue weighted by atomic mass is 19.4. The summed E-state index contributed by atoms with van der Waals surface area (Å²) in [5, 5.41) is 0. The molecule has 8 heteroatoms. The van der Waals surface area contributed by atoms with Gasteiger partial charge in [-0.2, -0.15) is 13.2 Å². The summed E-state index contributed by atoms with van der Waals surface area (Å²) in [7, 11) is 1.59. The van der Waals surface area contributed by atoms with E-state index in [9.17, 15) is 18.0 Å². The van der Waals surface area contributed by atoms with Crippen molar-refractivity contribution in [3.8, 4) is 0 Å². The maximum Gasteiger partial charge on any atom is 0.449 e. The number of aromatic nitrogens is 3. The molecule has 3 rings (SSSR count). The lowest BCUT2D eigenvalue weighted by molar-refractivity contribution is -0.146. The summed E-state index contributed by atoms with van der Waals surface area (Å²) in [5.74, 6) is -1.45. The number of nitrogens with zero attached hydrogens (tertiary/aromatic N) is 3. The number of rotatable bonds is 6. The van der Waals surface area contributed by atoms with Crippen molar-refractivity contribution >= 4 is 16.8 Å². The number of para-hydroxylation sites is 2. The molecule has 27 heavy (non-hydrogen) atoms. The van der Waals surface area contributed by atoms with E-state index in [4.69, 9.17) is 4.74 Å². The Balaban J connectivity index is 2.00. The number of alkyl halides is 3. The lowest BCUT2D eigenvalue weighted by atomic mass is 10.1. The SMILES string of the molecule is COCCn1c(C)cc(C(=O)Cn2c(C(F)(F)F)nc3ccccc32)c1C. The van der Waals surface area contributed by atoms with E-state index < -0.39 is 18.5 Å². The minimum Gasteiger partial charge on any atom is -0.383 e. The Morgan fingerprint density at radius 1 is 1.19 bits per heavy atom. The van der Waals surface area contributed by atoms with Crippen molar-refractivity contribution in [1.82, 2.24) is 14.1 Å². The smallest absolute Gasteiger partial charge is 0.383 e. The molecule has 0 fully saturated rings. The van der Waals surface area contributed by atoms with Crippen molar-refractivity contribution < 1.29 is 22.7 Å². The van der Waals surface area contributed by atoms with Crippen LogP contribution in [0.25, 0.3) is 11.0 Å². The lowest BCUT2D eigenvalue weighted by Gasteiger charge is -2.11. The fraction of sp³-hybridized carbons (Fsp3) is 0.368. The van der Waals surface area contributed by atoms with Gasteiger partial charge in [-0.3, -0.25) is 4.79 Å². The second-order valence-electron chi connectivity index (χ2n) is 6.36. The number of methoxy groups -OCH3 is 1. The van der Waals surface area contributed by atoms with E-state index in [-0.39, 0.29) is 16.8 Å². The molecule has 2 heterocycles. The van der Waals surface area contributed by atoms with Crippen LogP contribution < -0.4 is 0 Å². The largest absolute Gasteiger partial charge is 0.449 e. The van der Waals surface area contributed by atoms with Gasteiger partial charge in [0.15, 0.2) is 5.78 Å². The number of halogens is 3. The Bertz CT molecular complexity index is 986. The Labute approximate surface area is 154 Å². The van der Waals surface area contributed by atoms with Crippen LogP contribution in [0.15, 0.2) is 30.3 Å². The molecule has 0 atom stereocenters. The number of ether oxygens (including phenoxy) is 1. The molecule has 0 aliphatic carbocycles. The van der Waals surface area contributed by atoms with Gasteiger partial charge in [0.2, 0.25) is 5.82 Å². The molecule has 0 saturated heterocycles. The van der Waals surface area contributed by atoms with Gasteiger partial charge in [-0.25, -0.2) is 4.98 Å². The van der Waals surface area contributed by atoms with Gasteiger partial charge in [-0.05, 0) is 32.0 Å². The number of benzene rings is 1. The van der Waals surface area contributed by atoms with Gasteiger partial charge in [0, 0.05) is 30.6 Å². The summed E-state index contributed by atoms with van der Waals surface area (Å²) >= 11 is 0. The Hall–Kier alpha value is -2.61. The monoisotopic (exact) mass is 379 g/mol. The number of carbonyl (C=O) groups excluding carboxylic acids is 1. The average molecular weight is 379 g/mol. The van der Waals surface area contributed by atoms with E-state index in [0.29, 0.717) is 24.4 Å². The van der Waals surface area contributed by atoms with Crippen LogP contribution in [0, 0.1) is 13.8 Å². The van der Waals surface area contributed by atoms with E-state index in [1.807, 2.05) is 11.5 Å². The van der Waals surface area contributed by atoms with E-state index >= 15 is 0 Å². The van der Waals surface area contributed by atoms with Gasteiger partial charge < -0.3 is 13.9 Å². The minimum absolute atomic E-state index is 0.211. The molecule has 0 amide bonds. The van der Waals surface area contributed by atoms with Crippen LogP contribution in [0.5, 0.6) is 0 Å². The molecule has 0 bridgehead atoms. The second-order valence-corrected chi connectivity index (χ2v) is 6.36. The normalized spacial score (nSPS) is 12.1. The maximum atomic E-state index is 13.4. The number of carbonyl (C=O) groups is 1. The molecule has 0 saturated carbocycles. The number of Topliss-reactive ketones (excluding diaryl/α,β-unsaturated/α-hetero) is 1. The number of hydrogen-bond acceptors (Lipinski definition) is 3. The molecule has 0 unspecified atom stereocenters. The van der Waals surface area contributed by atoms with Crippen molar-refractivity contribution in [2.75, 3.05) is 13.7 Å². The highest BCUT2D eigenvalue weighted by molar-refractivity contribution is 5.98. The van der Waals surface area contributed by atoms with Crippen LogP contribution in [-0.2, 0) is 24.0 Å². The van der Waals surface area contributed by atoms with Crippen LogP contribution >= 0.6 is 0 Å². The number of imidazole rings is 1. The topological polar surface area (TPSA) is 49.0 Å². The van der Waals surface area contributed by atoms with Crippen molar-refractivity contribution in [3.63, 3.8) is 0 Å². The molecule has 0 radical (unpaired) electrons. The molecule has 0 spiro atoms. The Morgan fingerprint density at radius 3 is 2.56 bits per heavy atom. The zero-order valence-electron chi connectivity index (χ0n) is 15.3. The third-order valence-electron chi connectivity index (χ3n) is 4.60. The summed E-state index contributed by atoms with van der Waals surface area (Å²) in [6.45, 7) is 4.27. The molecule has 0 N–H and O–H groups in total. The first kappa shape index (κ1) is 19.2. The predicted octanol–water partition coefficient (Wildman–Crippen LogP) is 4.00. The van der Waals surface area contributed by atoms with Gasteiger partial charge in [-0.1, -0.05) is 12.1 Å². The number of aryl methyl sites for hydroxylation is 1. The van der Waals surface area contributed by atoms with Crippen molar-refractivity contribution in [1.29, 1.82) is 0 Å². The Morgan fingerprint density at radius 2 is 1.89 bits per heavy atom. The number of ketones is 1. The molecule has 0 aliphatic rings. The van der Waals surface area contributed by atoms with Crippen molar-refractivity contribution in [3.05, 3.63) is 53.1 Å². The van der Waals surface area contributed by atoms with Gasteiger partial charge in [0.25, 0.3) is 0 Å². The quantitative estimate of drug-likeness (QED) is 0.608.